The molecule has 2 rings (SSSR count). The van der Waals surface area contributed by atoms with Crippen LogP contribution in [-0.2, 0) is 4.79 Å². The number of carbonyl (C=O) groups is 2. The summed E-state index contributed by atoms with van der Waals surface area (Å²) in [4.78, 5) is 25.1. The van der Waals surface area contributed by atoms with Crippen molar-refractivity contribution in [2.45, 2.75) is 19.2 Å². The molecule has 0 spiro atoms. The van der Waals surface area contributed by atoms with Gasteiger partial charge in [-0.25, -0.2) is 0 Å². The van der Waals surface area contributed by atoms with Gasteiger partial charge in [-0.3, -0.25) is 14.5 Å². The van der Waals surface area contributed by atoms with Gasteiger partial charge in [0, 0.05) is 17.6 Å². The zero-order valence-electron chi connectivity index (χ0n) is 10.8. The van der Waals surface area contributed by atoms with Crippen molar-refractivity contribution in [2.75, 3.05) is 17.2 Å². The second-order valence-corrected chi connectivity index (χ2v) is 6.25. The van der Waals surface area contributed by atoms with Crippen LogP contribution in [0.4, 0.5) is 10.5 Å². The third kappa shape index (κ3) is 3.12. The van der Waals surface area contributed by atoms with Gasteiger partial charge >= 0.3 is 0 Å². The van der Waals surface area contributed by atoms with Gasteiger partial charge in [-0.2, -0.15) is 0 Å². The summed E-state index contributed by atoms with van der Waals surface area (Å²) in [6.07, 6.45) is 0. The number of hydrogen-bond donors (Lipinski definition) is 1. The van der Waals surface area contributed by atoms with Crippen LogP contribution in [0.1, 0.15) is 11.1 Å². The maximum atomic E-state index is 12.1. The van der Waals surface area contributed by atoms with Gasteiger partial charge in [0.2, 0.25) is 0 Å². The Morgan fingerprint density at radius 2 is 2.11 bits per heavy atom. The fraction of sp³-hybridized carbons (Fsp3) is 0.385. The highest BCUT2D eigenvalue weighted by Gasteiger charge is 2.39. The number of benzene rings is 1. The predicted octanol–water partition coefficient (Wildman–Crippen LogP) is 3.13. The first-order valence-corrected chi connectivity index (χ1v) is 7.95. The quantitative estimate of drug-likeness (QED) is 0.854. The standard InChI is InChI=1S/C13H15BrN2O2S/c1-8-3-4-10(9(2)7-8)15-11-12(17)16(6-5-14)13(18)19-11/h3-4,7,11,15H,5-6H2,1-2H3/t11-/m1/s1. The molecule has 102 valence electrons. The first kappa shape index (κ1) is 14.4. The molecule has 0 aliphatic carbocycles. The summed E-state index contributed by atoms with van der Waals surface area (Å²) in [5.74, 6) is -0.172. The predicted molar refractivity (Wildman–Crippen MR) is 81.8 cm³/mol. The number of hydrogen-bond acceptors (Lipinski definition) is 4. The molecule has 1 fully saturated rings. The number of thioether (sulfide) groups is 1. The number of imide groups is 1. The Balaban J connectivity index is 2.12. The van der Waals surface area contributed by atoms with Crippen LogP contribution in [0.3, 0.4) is 0 Å². The molecule has 0 saturated carbocycles. The number of halogens is 1. The molecule has 0 bridgehead atoms. The maximum absolute atomic E-state index is 12.1. The number of carbonyl (C=O) groups excluding carboxylic acids is 2. The lowest BCUT2D eigenvalue weighted by molar-refractivity contribution is -0.125. The van der Waals surface area contributed by atoms with Crippen molar-refractivity contribution in [3.05, 3.63) is 29.3 Å². The number of anilines is 1. The zero-order chi connectivity index (χ0) is 14.0. The Morgan fingerprint density at radius 3 is 2.74 bits per heavy atom. The highest BCUT2D eigenvalue weighted by Crippen LogP contribution is 2.29. The molecular weight excluding hydrogens is 328 g/mol. The summed E-state index contributed by atoms with van der Waals surface area (Å²) >= 11 is 4.28. The molecule has 1 aromatic rings. The van der Waals surface area contributed by atoms with Gasteiger partial charge < -0.3 is 5.32 Å². The maximum Gasteiger partial charge on any atom is 0.290 e. The molecule has 0 aromatic heterocycles. The number of nitrogens with one attached hydrogen (secondary N) is 1. The van der Waals surface area contributed by atoms with E-state index in [9.17, 15) is 9.59 Å². The van der Waals surface area contributed by atoms with Gasteiger partial charge in [-0.1, -0.05) is 33.6 Å². The van der Waals surface area contributed by atoms with Crippen LogP contribution in [0, 0.1) is 13.8 Å². The second-order valence-electron chi connectivity index (χ2n) is 4.41. The Hall–Kier alpha value is -1.01. The Morgan fingerprint density at radius 1 is 1.37 bits per heavy atom. The van der Waals surface area contributed by atoms with Gasteiger partial charge in [-0.05, 0) is 37.2 Å². The molecule has 19 heavy (non-hydrogen) atoms. The molecule has 6 heteroatoms. The molecule has 1 saturated heterocycles. The SMILES string of the molecule is Cc1ccc(N[C@@H]2SC(=O)N(CCBr)C2=O)c(C)c1. The number of amides is 2. The van der Waals surface area contributed by atoms with Crippen molar-refractivity contribution in [2.24, 2.45) is 0 Å². The highest BCUT2D eigenvalue weighted by atomic mass is 79.9. The molecule has 4 nitrogen and oxygen atoms in total. The van der Waals surface area contributed by atoms with Crippen molar-refractivity contribution < 1.29 is 9.59 Å². The van der Waals surface area contributed by atoms with Gasteiger partial charge in [-0.15, -0.1) is 0 Å². The van der Waals surface area contributed by atoms with E-state index in [4.69, 9.17) is 0 Å². The molecule has 0 unspecified atom stereocenters. The summed E-state index contributed by atoms with van der Waals surface area (Å²) in [5.41, 5.74) is 3.13. The van der Waals surface area contributed by atoms with E-state index in [2.05, 4.69) is 21.2 Å². The number of rotatable bonds is 4. The van der Waals surface area contributed by atoms with E-state index in [0.717, 1.165) is 23.0 Å². The lowest BCUT2D eigenvalue weighted by Crippen LogP contribution is -2.35. The average Bonchev–Trinajstić information content (AvgIpc) is 2.61. The normalized spacial score (nSPS) is 19.1. The third-order valence-corrected chi connectivity index (χ3v) is 4.24. The molecule has 2 amide bonds. The lowest BCUT2D eigenvalue weighted by Gasteiger charge is -2.15. The summed E-state index contributed by atoms with van der Waals surface area (Å²) in [6.45, 7) is 4.42. The molecule has 1 atom stereocenters. The van der Waals surface area contributed by atoms with E-state index in [1.807, 2.05) is 32.0 Å². The Kier molecular flexibility index (Phi) is 4.52. The largest absolute Gasteiger partial charge is 0.365 e. The van der Waals surface area contributed by atoms with Gasteiger partial charge in [0.05, 0.1) is 0 Å². The van der Waals surface area contributed by atoms with Gasteiger partial charge in [0.15, 0.2) is 5.37 Å². The Bertz CT molecular complexity index is 521. The van der Waals surface area contributed by atoms with Crippen LogP contribution >= 0.6 is 27.7 Å². The average molecular weight is 343 g/mol. The van der Waals surface area contributed by atoms with E-state index >= 15 is 0 Å². The molecule has 1 N–H and O–H groups in total. The lowest BCUT2D eigenvalue weighted by atomic mass is 10.1. The minimum Gasteiger partial charge on any atom is -0.365 e. The van der Waals surface area contributed by atoms with Crippen molar-refractivity contribution in [1.82, 2.24) is 4.90 Å². The van der Waals surface area contributed by atoms with E-state index in [1.54, 1.807) is 0 Å². The van der Waals surface area contributed by atoms with Crippen molar-refractivity contribution in [1.29, 1.82) is 0 Å². The number of alkyl halides is 1. The topological polar surface area (TPSA) is 49.4 Å². The Labute approximate surface area is 125 Å². The van der Waals surface area contributed by atoms with Gasteiger partial charge in [0.1, 0.15) is 0 Å². The van der Waals surface area contributed by atoms with Crippen molar-refractivity contribution in [3.63, 3.8) is 0 Å². The molecule has 1 heterocycles. The smallest absolute Gasteiger partial charge is 0.290 e. The first-order valence-electron chi connectivity index (χ1n) is 5.94. The monoisotopic (exact) mass is 342 g/mol. The van der Waals surface area contributed by atoms with Crippen LogP contribution in [-0.4, -0.2) is 33.3 Å². The molecule has 0 radical (unpaired) electrons. The van der Waals surface area contributed by atoms with Crippen LogP contribution in [0.5, 0.6) is 0 Å². The molecule has 1 aliphatic heterocycles. The van der Waals surface area contributed by atoms with E-state index < -0.39 is 5.37 Å². The molecular formula is C13H15BrN2O2S. The molecule has 1 aromatic carbocycles. The highest BCUT2D eigenvalue weighted by molar-refractivity contribution is 9.09. The zero-order valence-corrected chi connectivity index (χ0v) is 13.2. The van der Waals surface area contributed by atoms with Crippen LogP contribution in [0.15, 0.2) is 18.2 Å². The third-order valence-electron chi connectivity index (χ3n) is 2.91. The van der Waals surface area contributed by atoms with E-state index in [1.165, 1.54) is 10.5 Å². The summed E-state index contributed by atoms with van der Waals surface area (Å²) in [5, 5.41) is 3.03. The molecule has 1 aliphatic rings. The van der Waals surface area contributed by atoms with Crippen LogP contribution in [0.2, 0.25) is 0 Å². The first-order chi connectivity index (χ1) is 9.02. The van der Waals surface area contributed by atoms with Crippen molar-refractivity contribution >= 4 is 44.5 Å². The number of aryl methyl sites for hydroxylation is 2. The summed E-state index contributed by atoms with van der Waals surface area (Å²) in [6, 6.07) is 5.97. The second kappa shape index (κ2) is 5.96. The van der Waals surface area contributed by atoms with Crippen molar-refractivity contribution in [3.8, 4) is 0 Å². The fourth-order valence-electron chi connectivity index (χ4n) is 1.94. The number of nitrogens with zero attached hydrogens (tertiary/aromatic N) is 1. The summed E-state index contributed by atoms with van der Waals surface area (Å²) < 4.78 is 0. The van der Waals surface area contributed by atoms with Gasteiger partial charge in [0.25, 0.3) is 11.1 Å². The van der Waals surface area contributed by atoms with E-state index in [-0.39, 0.29) is 11.1 Å². The summed E-state index contributed by atoms with van der Waals surface area (Å²) in [7, 11) is 0. The minimum atomic E-state index is -0.520. The van der Waals surface area contributed by atoms with Crippen LogP contribution in [0.25, 0.3) is 0 Å². The van der Waals surface area contributed by atoms with Crippen LogP contribution < -0.4 is 5.32 Å². The fourth-order valence-corrected chi connectivity index (χ4v) is 3.22. The minimum absolute atomic E-state index is 0.172. The van der Waals surface area contributed by atoms with E-state index in [0.29, 0.717) is 11.9 Å².